The Balaban J connectivity index is 1.32. The molecule has 0 radical (unpaired) electrons. The number of hydrogen-bond donors (Lipinski definition) is 1. The Morgan fingerprint density at radius 2 is 1.68 bits per heavy atom. The molecule has 0 atom stereocenters. The number of pyridine rings is 1. The number of nitrogens with one attached hydrogen (secondary N) is 1. The van der Waals surface area contributed by atoms with Crippen molar-refractivity contribution in [2.45, 2.75) is 27.3 Å². The third kappa shape index (κ3) is 4.52. The van der Waals surface area contributed by atoms with Gasteiger partial charge in [-0.15, -0.1) is 0 Å². The van der Waals surface area contributed by atoms with E-state index in [1.807, 2.05) is 54.4 Å². The second-order valence-corrected chi connectivity index (χ2v) is 9.06. The van der Waals surface area contributed by atoms with Crippen LogP contribution in [0.4, 0.5) is 10.5 Å². The van der Waals surface area contributed by atoms with E-state index in [9.17, 15) is 4.79 Å². The number of aryl methyl sites for hydroxylation is 3. The van der Waals surface area contributed by atoms with E-state index in [1.54, 1.807) is 0 Å². The van der Waals surface area contributed by atoms with Gasteiger partial charge in [0, 0.05) is 43.8 Å². The molecule has 5 rings (SSSR count). The van der Waals surface area contributed by atoms with Gasteiger partial charge in [-0.1, -0.05) is 24.3 Å². The minimum absolute atomic E-state index is 0.0411. The maximum Gasteiger partial charge on any atom is 0.321 e. The molecule has 1 aliphatic heterocycles. The van der Waals surface area contributed by atoms with Crippen LogP contribution in [0.15, 0.2) is 60.8 Å². The summed E-state index contributed by atoms with van der Waals surface area (Å²) in [6.07, 6.45) is 1.82. The highest BCUT2D eigenvalue weighted by Gasteiger charge is 2.24. The van der Waals surface area contributed by atoms with Crippen molar-refractivity contribution in [3.05, 3.63) is 83.3 Å². The SMILES string of the molecule is Cc1cc(C)cc(-n2c(CN3CCN(C(=O)Nc4ccccc4C)CC3)nc3cccnc32)c1. The number of urea groups is 1. The van der Waals surface area contributed by atoms with Crippen molar-refractivity contribution in [3.63, 3.8) is 0 Å². The number of para-hydroxylation sites is 1. The Morgan fingerprint density at radius 3 is 2.41 bits per heavy atom. The van der Waals surface area contributed by atoms with E-state index in [0.717, 1.165) is 47.0 Å². The van der Waals surface area contributed by atoms with Crippen LogP contribution >= 0.6 is 0 Å². The minimum atomic E-state index is -0.0411. The first-order valence-corrected chi connectivity index (χ1v) is 11.7. The maximum absolute atomic E-state index is 12.8. The third-order valence-corrected chi connectivity index (χ3v) is 6.36. The Labute approximate surface area is 200 Å². The fourth-order valence-electron chi connectivity index (χ4n) is 4.63. The molecule has 7 heteroatoms. The van der Waals surface area contributed by atoms with Gasteiger partial charge in [-0.25, -0.2) is 14.8 Å². The van der Waals surface area contributed by atoms with E-state index in [2.05, 4.69) is 51.8 Å². The van der Waals surface area contributed by atoms with Crippen molar-refractivity contribution in [1.82, 2.24) is 24.3 Å². The highest BCUT2D eigenvalue weighted by molar-refractivity contribution is 5.90. The number of benzene rings is 2. The van der Waals surface area contributed by atoms with Gasteiger partial charge < -0.3 is 10.2 Å². The van der Waals surface area contributed by atoms with Gasteiger partial charge in [0.2, 0.25) is 0 Å². The molecule has 174 valence electrons. The average Bonchev–Trinajstić information content (AvgIpc) is 3.18. The van der Waals surface area contributed by atoms with Crippen LogP contribution in [0.1, 0.15) is 22.5 Å². The first kappa shape index (κ1) is 22.1. The minimum Gasteiger partial charge on any atom is -0.322 e. The van der Waals surface area contributed by atoms with Gasteiger partial charge in [-0.05, 0) is 67.8 Å². The number of fused-ring (bicyclic) bond motifs is 1. The highest BCUT2D eigenvalue weighted by Crippen LogP contribution is 2.23. The zero-order valence-electron chi connectivity index (χ0n) is 20.0. The molecular weight excluding hydrogens is 424 g/mol. The smallest absolute Gasteiger partial charge is 0.321 e. The van der Waals surface area contributed by atoms with Crippen LogP contribution in [0.5, 0.6) is 0 Å². The third-order valence-electron chi connectivity index (χ3n) is 6.36. The van der Waals surface area contributed by atoms with Crippen molar-refractivity contribution in [2.24, 2.45) is 0 Å². The Hall–Kier alpha value is -3.71. The van der Waals surface area contributed by atoms with Crippen molar-refractivity contribution in [1.29, 1.82) is 0 Å². The second-order valence-electron chi connectivity index (χ2n) is 9.06. The summed E-state index contributed by atoms with van der Waals surface area (Å²) in [7, 11) is 0. The lowest BCUT2D eigenvalue weighted by Gasteiger charge is -2.34. The number of amides is 2. The van der Waals surface area contributed by atoms with E-state index in [4.69, 9.17) is 4.98 Å². The molecule has 0 aliphatic carbocycles. The van der Waals surface area contributed by atoms with E-state index in [0.29, 0.717) is 19.6 Å². The monoisotopic (exact) mass is 454 g/mol. The number of hydrogen-bond acceptors (Lipinski definition) is 4. The van der Waals surface area contributed by atoms with E-state index >= 15 is 0 Å². The first-order valence-electron chi connectivity index (χ1n) is 11.7. The van der Waals surface area contributed by atoms with Crippen LogP contribution in [-0.2, 0) is 6.54 Å². The van der Waals surface area contributed by atoms with Gasteiger partial charge >= 0.3 is 6.03 Å². The number of carbonyl (C=O) groups excluding carboxylic acids is 1. The molecule has 2 aromatic heterocycles. The molecule has 0 spiro atoms. The van der Waals surface area contributed by atoms with Crippen LogP contribution in [-0.4, -0.2) is 56.5 Å². The van der Waals surface area contributed by atoms with Gasteiger partial charge in [-0.3, -0.25) is 9.47 Å². The second kappa shape index (κ2) is 9.27. The quantitative estimate of drug-likeness (QED) is 0.486. The van der Waals surface area contributed by atoms with Crippen molar-refractivity contribution in [3.8, 4) is 5.69 Å². The summed E-state index contributed by atoms with van der Waals surface area (Å²) >= 11 is 0. The molecule has 1 aliphatic rings. The Kier molecular flexibility index (Phi) is 6.02. The summed E-state index contributed by atoms with van der Waals surface area (Å²) in [5.41, 5.74) is 7.22. The molecular formula is C27H30N6O. The summed E-state index contributed by atoms with van der Waals surface area (Å²) < 4.78 is 2.17. The molecule has 1 N–H and O–H groups in total. The number of rotatable bonds is 4. The zero-order valence-corrected chi connectivity index (χ0v) is 20.0. The average molecular weight is 455 g/mol. The Bertz CT molecular complexity index is 1320. The van der Waals surface area contributed by atoms with Crippen LogP contribution < -0.4 is 5.32 Å². The number of nitrogens with zero attached hydrogens (tertiary/aromatic N) is 5. The predicted molar refractivity (Wildman–Crippen MR) is 135 cm³/mol. The lowest BCUT2D eigenvalue weighted by atomic mass is 10.1. The van der Waals surface area contributed by atoms with Crippen molar-refractivity contribution < 1.29 is 4.79 Å². The molecule has 2 aromatic carbocycles. The molecule has 0 unspecified atom stereocenters. The summed E-state index contributed by atoms with van der Waals surface area (Å²) in [5, 5.41) is 3.05. The summed E-state index contributed by atoms with van der Waals surface area (Å²) in [5.74, 6) is 0.969. The van der Waals surface area contributed by atoms with E-state index < -0.39 is 0 Å². The molecule has 3 heterocycles. The molecule has 2 amide bonds. The van der Waals surface area contributed by atoms with E-state index in [-0.39, 0.29) is 6.03 Å². The standard InChI is InChI=1S/C27H30N6O/c1-19-15-20(2)17-22(16-19)33-25(29-24-9-6-10-28-26(24)33)18-31-11-13-32(14-12-31)27(34)30-23-8-5-4-7-21(23)3/h4-10,15-17H,11-14,18H2,1-3H3,(H,30,34). The van der Waals surface area contributed by atoms with E-state index in [1.165, 1.54) is 11.1 Å². The van der Waals surface area contributed by atoms with Gasteiger partial charge in [0.1, 0.15) is 11.3 Å². The number of carbonyl (C=O) groups is 1. The first-order chi connectivity index (χ1) is 16.5. The number of anilines is 1. The molecule has 4 aromatic rings. The van der Waals surface area contributed by atoms with Gasteiger partial charge in [0.15, 0.2) is 5.65 Å². The fourth-order valence-corrected chi connectivity index (χ4v) is 4.63. The van der Waals surface area contributed by atoms with Crippen LogP contribution in [0.2, 0.25) is 0 Å². The normalized spacial score (nSPS) is 14.5. The zero-order chi connectivity index (χ0) is 23.7. The predicted octanol–water partition coefficient (Wildman–Crippen LogP) is 4.70. The Morgan fingerprint density at radius 1 is 0.941 bits per heavy atom. The van der Waals surface area contributed by atoms with Crippen molar-refractivity contribution in [2.75, 3.05) is 31.5 Å². The number of piperazine rings is 1. The molecule has 0 bridgehead atoms. The molecule has 0 saturated carbocycles. The van der Waals surface area contributed by atoms with Crippen LogP contribution in [0.3, 0.4) is 0 Å². The molecule has 1 fully saturated rings. The maximum atomic E-state index is 12.8. The fraction of sp³-hybridized carbons (Fsp3) is 0.296. The largest absolute Gasteiger partial charge is 0.322 e. The summed E-state index contributed by atoms with van der Waals surface area (Å²) in [6.45, 7) is 9.89. The topological polar surface area (TPSA) is 66.3 Å². The van der Waals surface area contributed by atoms with Crippen LogP contribution in [0, 0.1) is 20.8 Å². The lowest BCUT2D eigenvalue weighted by molar-refractivity contribution is 0.140. The summed E-state index contributed by atoms with van der Waals surface area (Å²) in [6, 6.07) is 18.3. The summed E-state index contributed by atoms with van der Waals surface area (Å²) in [4.78, 5) is 26.6. The van der Waals surface area contributed by atoms with Gasteiger partial charge in [0.05, 0.1) is 6.54 Å². The number of aromatic nitrogens is 3. The van der Waals surface area contributed by atoms with Gasteiger partial charge in [0.25, 0.3) is 0 Å². The van der Waals surface area contributed by atoms with Gasteiger partial charge in [-0.2, -0.15) is 0 Å². The van der Waals surface area contributed by atoms with Crippen molar-refractivity contribution >= 4 is 22.9 Å². The number of imidazole rings is 1. The highest BCUT2D eigenvalue weighted by atomic mass is 16.2. The molecule has 7 nitrogen and oxygen atoms in total. The molecule has 34 heavy (non-hydrogen) atoms. The van der Waals surface area contributed by atoms with Crippen LogP contribution in [0.25, 0.3) is 16.9 Å². The lowest BCUT2D eigenvalue weighted by Crippen LogP contribution is -2.49. The molecule has 1 saturated heterocycles.